The largest absolute Gasteiger partial charge is 0.325 e. The highest BCUT2D eigenvalue weighted by atomic mass is 32.2. The lowest BCUT2D eigenvalue weighted by molar-refractivity contribution is -0.113. The van der Waals surface area contributed by atoms with Crippen molar-refractivity contribution in [2.75, 3.05) is 11.1 Å². The normalized spacial score (nSPS) is 16.3. The van der Waals surface area contributed by atoms with Crippen LogP contribution in [0.1, 0.15) is 34.9 Å². The quantitative estimate of drug-likeness (QED) is 0.488. The number of nitrogens with one attached hydrogen (secondary N) is 1. The molecule has 0 fully saturated rings. The summed E-state index contributed by atoms with van der Waals surface area (Å²) in [4.78, 5) is 24.0. The molecule has 1 aromatic carbocycles. The zero-order valence-corrected chi connectivity index (χ0v) is 17.5. The van der Waals surface area contributed by atoms with E-state index in [1.54, 1.807) is 17.7 Å². The zero-order valence-electron chi connectivity index (χ0n) is 15.8. The number of hydrogen-bond acceptors (Lipinski definition) is 5. The summed E-state index contributed by atoms with van der Waals surface area (Å²) in [5.41, 5.74) is 4.58. The van der Waals surface area contributed by atoms with Gasteiger partial charge in [0, 0.05) is 16.0 Å². The third-order valence-corrected chi connectivity index (χ3v) is 7.43. The number of aryl methyl sites for hydroxylation is 2. The Morgan fingerprint density at radius 1 is 1.33 bits per heavy atom. The number of aromatic nitrogens is 2. The van der Waals surface area contributed by atoms with Crippen molar-refractivity contribution < 1.29 is 4.79 Å². The second-order valence-electron chi connectivity index (χ2n) is 7.30. The van der Waals surface area contributed by atoms with Gasteiger partial charge in [0.1, 0.15) is 16.2 Å². The van der Waals surface area contributed by atoms with E-state index in [1.165, 1.54) is 39.6 Å². The highest BCUT2D eigenvalue weighted by Crippen LogP contribution is 2.40. The maximum Gasteiger partial charge on any atom is 0.234 e. The lowest BCUT2D eigenvalue weighted by Crippen LogP contribution is -2.15. The van der Waals surface area contributed by atoms with Crippen LogP contribution in [-0.2, 0) is 17.6 Å². The van der Waals surface area contributed by atoms with Gasteiger partial charge in [0.05, 0.1) is 5.75 Å². The number of carbonyl (C=O) groups excluding carboxylic acids is 1. The topological polar surface area (TPSA) is 54.9 Å². The number of fused-ring (bicyclic) bond motifs is 3. The average Bonchev–Trinajstić information content (AvgIpc) is 3.01. The van der Waals surface area contributed by atoms with Crippen LogP contribution in [-0.4, -0.2) is 21.6 Å². The van der Waals surface area contributed by atoms with E-state index in [1.807, 2.05) is 19.1 Å². The first-order valence-electron chi connectivity index (χ1n) is 9.27. The number of hydrogen-bond donors (Lipinski definition) is 1. The van der Waals surface area contributed by atoms with E-state index in [0.717, 1.165) is 39.9 Å². The van der Waals surface area contributed by atoms with Gasteiger partial charge < -0.3 is 5.32 Å². The fourth-order valence-corrected chi connectivity index (χ4v) is 5.80. The van der Waals surface area contributed by atoms with Gasteiger partial charge in [-0.15, -0.1) is 11.3 Å². The standard InChI is InChI=1S/C21H23N3OS2/c1-12-7-8-15-17(9-12)27-21-19(15)20(22-11-23-21)26-10-18(25)24-16-6-4-5-13(2)14(16)3/h4-6,11-12H,7-10H2,1-3H3,(H,24,25)/t12-/m0/s1. The van der Waals surface area contributed by atoms with Crippen LogP contribution in [0.15, 0.2) is 29.6 Å². The zero-order chi connectivity index (χ0) is 19.0. The predicted molar refractivity (Wildman–Crippen MR) is 114 cm³/mol. The molecule has 4 nitrogen and oxygen atoms in total. The summed E-state index contributed by atoms with van der Waals surface area (Å²) in [7, 11) is 0. The van der Waals surface area contributed by atoms with E-state index in [4.69, 9.17) is 0 Å². The smallest absolute Gasteiger partial charge is 0.234 e. The van der Waals surface area contributed by atoms with Gasteiger partial charge in [-0.3, -0.25) is 4.79 Å². The maximum absolute atomic E-state index is 12.5. The molecular weight excluding hydrogens is 374 g/mol. The molecule has 2 heterocycles. The first kappa shape index (κ1) is 18.4. The van der Waals surface area contributed by atoms with Gasteiger partial charge in [0.2, 0.25) is 5.91 Å². The molecule has 0 unspecified atom stereocenters. The van der Waals surface area contributed by atoms with E-state index in [9.17, 15) is 4.79 Å². The third kappa shape index (κ3) is 3.73. The van der Waals surface area contributed by atoms with Crippen molar-refractivity contribution in [3.63, 3.8) is 0 Å². The number of thioether (sulfide) groups is 1. The monoisotopic (exact) mass is 397 g/mol. The molecule has 0 saturated carbocycles. The van der Waals surface area contributed by atoms with Crippen LogP contribution in [0.5, 0.6) is 0 Å². The van der Waals surface area contributed by atoms with E-state index < -0.39 is 0 Å². The molecule has 27 heavy (non-hydrogen) atoms. The number of nitrogens with zero attached hydrogens (tertiary/aromatic N) is 2. The summed E-state index contributed by atoms with van der Waals surface area (Å²) in [5, 5.41) is 5.14. The fraction of sp³-hybridized carbons (Fsp3) is 0.381. The van der Waals surface area contributed by atoms with Gasteiger partial charge in [-0.25, -0.2) is 9.97 Å². The number of carbonyl (C=O) groups is 1. The van der Waals surface area contributed by atoms with Crippen molar-refractivity contribution in [3.8, 4) is 0 Å². The maximum atomic E-state index is 12.5. The minimum absolute atomic E-state index is 0.00168. The van der Waals surface area contributed by atoms with Crippen LogP contribution in [0.3, 0.4) is 0 Å². The van der Waals surface area contributed by atoms with Crippen LogP contribution in [0.4, 0.5) is 5.69 Å². The molecule has 0 bridgehead atoms. The first-order chi connectivity index (χ1) is 13.0. The Balaban J connectivity index is 1.52. The molecule has 1 aliphatic carbocycles. The molecular formula is C21H23N3OS2. The Labute approximate surface area is 167 Å². The molecule has 140 valence electrons. The SMILES string of the molecule is Cc1cccc(NC(=O)CSc2ncnc3sc4c(c23)CC[C@H](C)C4)c1C. The predicted octanol–water partition coefficient (Wildman–Crippen LogP) is 5.16. The fourth-order valence-electron chi connectivity index (χ4n) is 3.56. The number of anilines is 1. The second-order valence-corrected chi connectivity index (χ2v) is 9.34. The van der Waals surface area contributed by atoms with Crippen molar-refractivity contribution >= 4 is 44.9 Å². The van der Waals surface area contributed by atoms with Crippen LogP contribution >= 0.6 is 23.1 Å². The van der Waals surface area contributed by atoms with E-state index in [2.05, 4.69) is 35.2 Å². The Bertz CT molecular complexity index is 1010. The molecule has 0 radical (unpaired) electrons. The molecule has 0 aliphatic heterocycles. The summed E-state index contributed by atoms with van der Waals surface area (Å²) >= 11 is 3.30. The van der Waals surface area contributed by atoms with Crippen molar-refractivity contribution in [3.05, 3.63) is 46.1 Å². The van der Waals surface area contributed by atoms with Gasteiger partial charge in [0.25, 0.3) is 0 Å². The average molecular weight is 398 g/mol. The summed E-state index contributed by atoms with van der Waals surface area (Å²) in [6, 6.07) is 5.97. The van der Waals surface area contributed by atoms with Gasteiger partial charge in [0.15, 0.2) is 0 Å². The van der Waals surface area contributed by atoms with E-state index in [0.29, 0.717) is 5.75 Å². The van der Waals surface area contributed by atoms with Crippen LogP contribution < -0.4 is 5.32 Å². The van der Waals surface area contributed by atoms with E-state index >= 15 is 0 Å². The first-order valence-corrected chi connectivity index (χ1v) is 11.1. The minimum atomic E-state index is -0.00168. The number of thiophene rings is 1. The van der Waals surface area contributed by atoms with Gasteiger partial charge in [-0.2, -0.15) is 0 Å². The van der Waals surface area contributed by atoms with Crippen LogP contribution in [0.2, 0.25) is 0 Å². The number of amides is 1. The van der Waals surface area contributed by atoms with Crippen molar-refractivity contribution in [2.45, 2.75) is 45.1 Å². The Hall–Kier alpha value is -1.92. The minimum Gasteiger partial charge on any atom is -0.325 e. The van der Waals surface area contributed by atoms with Crippen LogP contribution in [0, 0.1) is 19.8 Å². The summed E-state index contributed by atoms with van der Waals surface area (Å²) in [5.74, 6) is 1.08. The summed E-state index contributed by atoms with van der Waals surface area (Å²) in [6.07, 6.45) is 5.06. The van der Waals surface area contributed by atoms with Gasteiger partial charge in [-0.1, -0.05) is 30.8 Å². The Kier molecular flexibility index (Phi) is 5.19. The molecule has 3 aromatic rings. The molecule has 1 amide bonds. The van der Waals surface area contributed by atoms with Crippen LogP contribution in [0.25, 0.3) is 10.2 Å². The Morgan fingerprint density at radius 2 is 2.19 bits per heavy atom. The van der Waals surface area contributed by atoms with E-state index in [-0.39, 0.29) is 5.91 Å². The highest BCUT2D eigenvalue weighted by molar-refractivity contribution is 8.00. The second kappa shape index (κ2) is 7.60. The molecule has 6 heteroatoms. The lowest BCUT2D eigenvalue weighted by atomic mass is 9.89. The van der Waals surface area contributed by atoms with Crippen molar-refractivity contribution in [2.24, 2.45) is 5.92 Å². The molecule has 1 N–H and O–H groups in total. The molecule has 1 atom stereocenters. The lowest BCUT2D eigenvalue weighted by Gasteiger charge is -2.18. The third-order valence-electron chi connectivity index (χ3n) is 5.28. The highest BCUT2D eigenvalue weighted by Gasteiger charge is 2.23. The van der Waals surface area contributed by atoms with Crippen molar-refractivity contribution in [1.29, 1.82) is 0 Å². The van der Waals surface area contributed by atoms with Gasteiger partial charge in [-0.05, 0) is 61.8 Å². The molecule has 2 aromatic heterocycles. The van der Waals surface area contributed by atoms with Crippen molar-refractivity contribution in [1.82, 2.24) is 9.97 Å². The number of benzene rings is 1. The molecule has 0 spiro atoms. The molecule has 0 saturated heterocycles. The molecule has 4 rings (SSSR count). The number of rotatable bonds is 4. The Morgan fingerprint density at radius 3 is 3.04 bits per heavy atom. The summed E-state index contributed by atoms with van der Waals surface area (Å²) < 4.78 is 0. The van der Waals surface area contributed by atoms with Gasteiger partial charge >= 0.3 is 0 Å². The molecule has 1 aliphatic rings. The summed E-state index contributed by atoms with van der Waals surface area (Å²) in [6.45, 7) is 6.40.